The summed E-state index contributed by atoms with van der Waals surface area (Å²) in [4.78, 5) is 8.73. The van der Waals surface area contributed by atoms with Crippen LogP contribution in [0.4, 0.5) is 0 Å². The van der Waals surface area contributed by atoms with Gasteiger partial charge in [-0.25, -0.2) is 9.97 Å². The summed E-state index contributed by atoms with van der Waals surface area (Å²) in [6, 6.07) is 7.84. The van der Waals surface area contributed by atoms with Crippen LogP contribution in [0.2, 0.25) is 5.02 Å². The lowest BCUT2D eigenvalue weighted by atomic mass is 10.1. The van der Waals surface area contributed by atoms with Gasteiger partial charge < -0.3 is 4.57 Å². The average molecular weight is 337 g/mol. The third-order valence-corrected chi connectivity index (χ3v) is 3.92. The fourth-order valence-corrected chi connectivity index (χ4v) is 2.99. The molecule has 0 bridgehead atoms. The van der Waals surface area contributed by atoms with Crippen LogP contribution >= 0.6 is 27.5 Å². The summed E-state index contributed by atoms with van der Waals surface area (Å²) in [5, 5.41) is 1.82. The summed E-state index contributed by atoms with van der Waals surface area (Å²) in [5.74, 6) is 0. The van der Waals surface area contributed by atoms with Crippen molar-refractivity contribution in [1.82, 2.24) is 14.5 Å². The summed E-state index contributed by atoms with van der Waals surface area (Å²) in [6.45, 7) is 0. The van der Waals surface area contributed by atoms with Crippen LogP contribution in [0.5, 0.6) is 0 Å². The zero-order valence-electron chi connectivity index (χ0n) is 10.3. The minimum atomic E-state index is 0.748. The van der Waals surface area contributed by atoms with Crippen LogP contribution in [0.1, 0.15) is 11.3 Å². The standard InChI is InChI=1S/C14H11BrClN3/c1-19-7-11(15)13-12(17-8-18-14(13)19)6-9-2-4-10(16)5-3-9/h2-5,7-8H,6H2,1H3. The highest BCUT2D eigenvalue weighted by Crippen LogP contribution is 2.27. The zero-order valence-corrected chi connectivity index (χ0v) is 12.6. The Balaban J connectivity index is 2.08. The molecule has 0 saturated carbocycles. The maximum absolute atomic E-state index is 5.90. The van der Waals surface area contributed by atoms with Gasteiger partial charge in [0.25, 0.3) is 0 Å². The SMILES string of the molecule is Cn1cc(Br)c2c(Cc3ccc(Cl)cc3)ncnc21. The van der Waals surface area contributed by atoms with Gasteiger partial charge in [-0.15, -0.1) is 0 Å². The quantitative estimate of drug-likeness (QED) is 0.709. The highest BCUT2D eigenvalue weighted by Gasteiger charge is 2.11. The van der Waals surface area contributed by atoms with Gasteiger partial charge in [0.2, 0.25) is 0 Å². The molecule has 0 aliphatic heterocycles. The second kappa shape index (κ2) is 4.94. The zero-order chi connectivity index (χ0) is 13.4. The van der Waals surface area contributed by atoms with Crippen molar-refractivity contribution in [1.29, 1.82) is 0 Å². The van der Waals surface area contributed by atoms with Crippen LogP contribution in [0.15, 0.2) is 41.3 Å². The van der Waals surface area contributed by atoms with Crippen molar-refractivity contribution in [3.63, 3.8) is 0 Å². The van der Waals surface area contributed by atoms with Crippen molar-refractivity contribution < 1.29 is 0 Å². The smallest absolute Gasteiger partial charge is 0.144 e. The second-order valence-corrected chi connectivity index (χ2v) is 5.70. The van der Waals surface area contributed by atoms with Crippen LogP contribution in [0.25, 0.3) is 11.0 Å². The van der Waals surface area contributed by atoms with Crippen LogP contribution in [0.3, 0.4) is 0 Å². The Morgan fingerprint density at radius 1 is 1.21 bits per heavy atom. The maximum atomic E-state index is 5.90. The molecule has 2 aromatic heterocycles. The molecule has 0 unspecified atom stereocenters. The van der Waals surface area contributed by atoms with Gasteiger partial charge in [-0.05, 0) is 33.6 Å². The number of aromatic nitrogens is 3. The van der Waals surface area contributed by atoms with E-state index >= 15 is 0 Å². The number of rotatable bonds is 2. The largest absolute Gasteiger partial charge is 0.334 e. The second-order valence-electron chi connectivity index (χ2n) is 4.41. The van der Waals surface area contributed by atoms with Crippen molar-refractivity contribution in [3.05, 3.63) is 57.5 Å². The lowest BCUT2D eigenvalue weighted by Crippen LogP contribution is -1.96. The van der Waals surface area contributed by atoms with E-state index in [1.165, 1.54) is 5.56 Å². The van der Waals surface area contributed by atoms with Gasteiger partial charge in [-0.2, -0.15) is 0 Å². The molecule has 0 aliphatic carbocycles. The molecule has 3 nitrogen and oxygen atoms in total. The fourth-order valence-electron chi connectivity index (χ4n) is 2.15. The summed E-state index contributed by atoms with van der Waals surface area (Å²) in [5.41, 5.74) is 3.13. The molecule has 0 atom stereocenters. The van der Waals surface area contributed by atoms with Gasteiger partial charge in [-0.3, -0.25) is 0 Å². The highest BCUT2D eigenvalue weighted by atomic mass is 79.9. The Labute approximate surface area is 124 Å². The predicted octanol–water partition coefficient (Wildman–Crippen LogP) is 3.98. The number of hydrogen-bond donors (Lipinski definition) is 0. The Morgan fingerprint density at radius 2 is 1.95 bits per heavy atom. The Kier molecular flexibility index (Phi) is 3.29. The van der Waals surface area contributed by atoms with E-state index in [1.807, 2.05) is 42.1 Å². The van der Waals surface area contributed by atoms with Crippen molar-refractivity contribution in [2.24, 2.45) is 7.05 Å². The summed E-state index contributed by atoms with van der Waals surface area (Å²) in [7, 11) is 1.98. The first-order chi connectivity index (χ1) is 9.15. The van der Waals surface area contributed by atoms with E-state index in [4.69, 9.17) is 11.6 Å². The van der Waals surface area contributed by atoms with Crippen molar-refractivity contribution in [2.45, 2.75) is 6.42 Å². The fraction of sp³-hybridized carbons (Fsp3) is 0.143. The average Bonchev–Trinajstić information content (AvgIpc) is 2.69. The molecule has 0 N–H and O–H groups in total. The molecule has 0 aliphatic rings. The van der Waals surface area contributed by atoms with E-state index in [9.17, 15) is 0 Å². The van der Waals surface area contributed by atoms with Gasteiger partial charge in [-0.1, -0.05) is 23.7 Å². The van der Waals surface area contributed by atoms with Gasteiger partial charge >= 0.3 is 0 Å². The molecular formula is C14H11BrClN3. The Bertz CT molecular complexity index is 734. The number of benzene rings is 1. The third-order valence-electron chi connectivity index (χ3n) is 3.07. The third kappa shape index (κ3) is 2.38. The van der Waals surface area contributed by atoms with Gasteiger partial charge in [0.05, 0.1) is 11.1 Å². The predicted molar refractivity (Wildman–Crippen MR) is 80.5 cm³/mol. The monoisotopic (exact) mass is 335 g/mol. The minimum Gasteiger partial charge on any atom is -0.334 e. The van der Waals surface area contributed by atoms with Gasteiger partial charge in [0, 0.05) is 29.2 Å². The number of nitrogens with zero attached hydrogens (tertiary/aromatic N) is 3. The summed E-state index contributed by atoms with van der Waals surface area (Å²) >= 11 is 9.47. The first-order valence-electron chi connectivity index (χ1n) is 5.84. The van der Waals surface area contributed by atoms with E-state index in [0.29, 0.717) is 0 Å². The lowest BCUT2D eigenvalue weighted by Gasteiger charge is -2.04. The van der Waals surface area contributed by atoms with E-state index in [1.54, 1.807) is 6.33 Å². The molecule has 0 radical (unpaired) electrons. The first-order valence-corrected chi connectivity index (χ1v) is 7.01. The normalized spacial score (nSPS) is 11.1. The van der Waals surface area contributed by atoms with Crippen molar-refractivity contribution >= 4 is 38.6 Å². The maximum Gasteiger partial charge on any atom is 0.144 e. The summed E-state index contributed by atoms with van der Waals surface area (Å²) < 4.78 is 3.02. The highest BCUT2D eigenvalue weighted by molar-refractivity contribution is 9.10. The topological polar surface area (TPSA) is 30.7 Å². The van der Waals surface area contributed by atoms with Crippen LogP contribution in [-0.4, -0.2) is 14.5 Å². The summed E-state index contributed by atoms with van der Waals surface area (Å²) in [6.07, 6.45) is 4.38. The molecule has 3 aromatic rings. The lowest BCUT2D eigenvalue weighted by molar-refractivity contribution is 0.936. The molecular weight excluding hydrogens is 326 g/mol. The number of aryl methyl sites for hydroxylation is 1. The van der Waals surface area contributed by atoms with Gasteiger partial charge in [0.1, 0.15) is 12.0 Å². The molecule has 0 spiro atoms. The molecule has 19 heavy (non-hydrogen) atoms. The van der Waals surface area contributed by atoms with E-state index in [2.05, 4.69) is 25.9 Å². The van der Waals surface area contributed by atoms with Crippen LogP contribution in [0, 0.1) is 0 Å². The molecule has 0 fully saturated rings. The molecule has 0 saturated heterocycles. The van der Waals surface area contributed by atoms with E-state index in [-0.39, 0.29) is 0 Å². The molecule has 96 valence electrons. The Hall–Kier alpha value is -1.39. The van der Waals surface area contributed by atoms with E-state index < -0.39 is 0 Å². The molecule has 5 heteroatoms. The molecule has 2 heterocycles. The molecule has 3 rings (SSSR count). The first kappa shape index (κ1) is 12.6. The van der Waals surface area contributed by atoms with Crippen LogP contribution in [-0.2, 0) is 13.5 Å². The number of hydrogen-bond acceptors (Lipinski definition) is 2. The van der Waals surface area contributed by atoms with Crippen molar-refractivity contribution in [3.8, 4) is 0 Å². The number of halogens is 2. The molecule has 0 amide bonds. The van der Waals surface area contributed by atoms with Gasteiger partial charge in [0.15, 0.2) is 0 Å². The minimum absolute atomic E-state index is 0.748. The van der Waals surface area contributed by atoms with Crippen LogP contribution < -0.4 is 0 Å². The van der Waals surface area contributed by atoms with E-state index in [0.717, 1.165) is 32.6 Å². The number of fused-ring (bicyclic) bond motifs is 1. The Morgan fingerprint density at radius 3 is 2.68 bits per heavy atom. The molecule has 1 aromatic carbocycles. The van der Waals surface area contributed by atoms with Crippen molar-refractivity contribution in [2.75, 3.05) is 0 Å².